The zero-order valence-electron chi connectivity index (χ0n) is 28.6. The van der Waals surface area contributed by atoms with Crippen LogP contribution in [0, 0.1) is 0 Å². The molecule has 0 bridgehead atoms. The van der Waals surface area contributed by atoms with Gasteiger partial charge in [-0.25, -0.2) is 0 Å². The quantitative estimate of drug-likeness (QED) is 0.173. The maximum Gasteiger partial charge on any atom is 0.112 e. The first-order valence-electron chi connectivity index (χ1n) is 17.5. The molecule has 1 heteroatoms. The molecule has 0 aliphatic carbocycles. The third kappa shape index (κ3) is 6.32. The van der Waals surface area contributed by atoms with E-state index in [0.717, 1.165) is 77.9 Å². The maximum absolute atomic E-state index is 13.1. The summed E-state index contributed by atoms with van der Waals surface area (Å²) in [5.74, 6) is 0. The van der Waals surface area contributed by atoms with Crippen LogP contribution in [0.1, 0.15) is 18.1 Å². The van der Waals surface area contributed by atoms with Crippen LogP contribution >= 0.6 is 0 Å². The fourth-order valence-electron chi connectivity index (χ4n) is 7.23. The van der Waals surface area contributed by atoms with E-state index in [1.165, 1.54) is 0 Å². The first kappa shape index (κ1) is 32.0. The Bertz CT molecular complexity index is 2090. The van der Waals surface area contributed by atoms with E-state index in [-0.39, 0.29) is 0 Å². The van der Waals surface area contributed by atoms with Gasteiger partial charge in [0.2, 0.25) is 0 Å². The molecule has 51 heavy (non-hydrogen) atoms. The first-order chi connectivity index (χ1) is 25.1. The molecule has 0 saturated heterocycles. The van der Waals surface area contributed by atoms with Gasteiger partial charge in [-0.05, 0) is 109 Å². The predicted octanol–water partition coefficient (Wildman–Crippen LogP) is 12.9. The standard InChI is InChI=1S/C50H38O/c1-50(51,42-32-44(36-20-8-2-9-21-36)48(40-28-16-6-17-29-40)45(33-42)37-22-10-3-11-23-37)43-34-46(38-24-12-4-13-25-38)49(41-30-18-7-19-31-41)47(35-43)39-26-14-5-15-27-39/h2-35,51H,1H3. The zero-order chi connectivity index (χ0) is 34.6. The second-order valence-electron chi connectivity index (χ2n) is 13.2. The van der Waals surface area contributed by atoms with Crippen molar-refractivity contribution in [3.05, 3.63) is 217 Å². The predicted molar refractivity (Wildman–Crippen MR) is 214 cm³/mol. The molecular weight excluding hydrogens is 617 g/mol. The Balaban J connectivity index is 1.44. The van der Waals surface area contributed by atoms with E-state index in [4.69, 9.17) is 0 Å². The highest BCUT2D eigenvalue weighted by Crippen LogP contribution is 2.47. The monoisotopic (exact) mass is 654 g/mol. The normalized spacial score (nSPS) is 11.3. The largest absolute Gasteiger partial charge is 0.381 e. The molecule has 0 aromatic heterocycles. The summed E-state index contributed by atoms with van der Waals surface area (Å²) in [6.07, 6.45) is 0. The van der Waals surface area contributed by atoms with Crippen LogP contribution in [0.15, 0.2) is 206 Å². The highest BCUT2D eigenvalue weighted by molar-refractivity contribution is 5.97. The number of hydrogen-bond donors (Lipinski definition) is 1. The molecule has 1 nitrogen and oxygen atoms in total. The third-order valence-electron chi connectivity index (χ3n) is 9.87. The molecule has 0 spiro atoms. The van der Waals surface area contributed by atoms with Gasteiger partial charge in [0.05, 0.1) is 0 Å². The first-order valence-corrected chi connectivity index (χ1v) is 17.5. The van der Waals surface area contributed by atoms with Crippen LogP contribution in [0.3, 0.4) is 0 Å². The fraction of sp³-hybridized carbons (Fsp3) is 0.0400. The molecule has 0 aliphatic heterocycles. The smallest absolute Gasteiger partial charge is 0.112 e. The van der Waals surface area contributed by atoms with E-state index in [0.29, 0.717) is 0 Å². The summed E-state index contributed by atoms with van der Waals surface area (Å²) in [5.41, 5.74) is 13.5. The Kier molecular flexibility index (Phi) is 8.72. The summed E-state index contributed by atoms with van der Waals surface area (Å²) < 4.78 is 0. The molecule has 8 rings (SSSR count). The van der Waals surface area contributed by atoms with Crippen molar-refractivity contribution in [2.45, 2.75) is 12.5 Å². The molecule has 1 N–H and O–H groups in total. The van der Waals surface area contributed by atoms with Crippen molar-refractivity contribution in [2.24, 2.45) is 0 Å². The van der Waals surface area contributed by atoms with Gasteiger partial charge in [-0.2, -0.15) is 0 Å². The summed E-state index contributed by atoms with van der Waals surface area (Å²) in [4.78, 5) is 0. The second kappa shape index (κ2) is 13.9. The van der Waals surface area contributed by atoms with E-state index in [2.05, 4.69) is 182 Å². The highest BCUT2D eigenvalue weighted by Gasteiger charge is 2.31. The second-order valence-corrected chi connectivity index (χ2v) is 13.2. The molecule has 0 radical (unpaired) electrons. The molecule has 0 saturated carbocycles. The van der Waals surface area contributed by atoms with Crippen LogP contribution in [-0.2, 0) is 5.60 Å². The van der Waals surface area contributed by atoms with Crippen LogP contribution in [0.2, 0.25) is 0 Å². The molecule has 8 aromatic rings. The molecular formula is C50H38O. The number of rotatable bonds is 8. The molecule has 0 unspecified atom stereocenters. The zero-order valence-corrected chi connectivity index (χ0v) is 28.6. The lowest BCUT2D eigenvalue weighted by molar-refractivity contribution is 0.102. The van der Waals surface area contributed by atoms with Gasteiger partial charge in [0.25, 0.3) is 0 Å². The van der Waals surface area contributed by atoms with Gasteiger partial charge in [-0.1, -0.05) is 182 Å². The Morgan fingerprint density at radius 3 is 0.706 bits per heavy atom. The van der Waals surface area contributed by atoms with Gasteiger partial charge in [-0.3, -0.25) is 0 Å². The van der Waals surface area contributed by atoms with Crippen molar-refractivity contribution < 1.29 is 5.11 Å². The average Bonchev–Trinajstić information content (AvgIpc) is 3.21. The van der Waals surface area contributed by atoms with Gasteiger partial charge in [0, 0.05) is 0 Å². The van der Waals surface area contributed by atoms with E-state index in [9.17, 15) is 5.11 Å². The van der Waals surface area contributed by atoms with Crippen LogP contribution in [-0.4, -0.2) is 5.11 Å². The minimum Gasteiger partial charge on any atom is -0.381 e. The van der Waals surface area contributed by atoms with Gasteiger partial charge in [0.15, 0.2) is 0 Å². The minimum atomic E-state index is -1.36. The molecule has 0 atom stereocenters. The fourth-order valence-corrected chi connectivity index (χ4v) is 7.23. The number of aliphatic hydroxyl groups is 1. The van der Waals surface area contributed by atoms with Crippen molar-refractivity contribution >= 4 is 0 Å². The minimum absolute atomic E-state index is 0.824. The van der Waals surface area contributed by atoms with Crippen LogP contribution in [0.5, 0.6) is 0 Å². The van der Waals surface area contributed by atoms with Crippen LogP contribution in [0.25, 0.3) is 66.8 Å². The summed E-state index contributed by atoms with van der Waals surface area (Å²) in [5, 5.41) is 13.1. The Labute approximate surface area is 300 Å². The third-order valence-corrected chi connectivity index (χ3v) is 9.87. The van der Waals surface area contributed by atoms with Gasteiger partial charge < -0.3 is 5.11 Å². The molecule has 0 amide bonds. The topological polar surface area (TPSA) is 20.2 Å². The van der Waals surface area contributed by atoms with Crippen LogP contribution in [0.4, 0.5) is 0 Å². The number of benzene rings is 8. The Morgan fingerprint density at radius 2 is 0.490 bits per heavy atom. The Hall–Kier alpha value is -6.28. The molecule has 0 heterocycles. The van der Waals surface area contributed by atoms with Gasteiger partial charge in [0.1, 0.15) is 5.60 Å². The lowest BCUT2D eigenvalue weighted by atomic mass is 9.78. The van der Waals surface area contributed by atoms with Crippen molar-refractivity contribution in [3.63, 3.8) is 0 Å². The van der Waals surface area contributed by atoms with E-state index in [1.54, 1.807) is 0 Å². The van der Waals surface area contributed by atoms with E-state index >= 15 is 0 Å². The lowest BCUT2D eigenvalue weighted by Crippen LogP contribution is -2.23. The number of hydrogen-bond acceptors (Lipinski definition) is 1. The van der Waals surface area contributed by atoms with E-state index in [1.807, 2.05) is 31.2 Å². The molecule has 0 fully saturated rings. The van der Waals surface area contributed by atoms with Crippen molar-refractivity contribution in [1.29, 1.82) is 0 Å². The lowest BCUT2D eigenvalue weighted by Gasteiger charge is -2.30. The summed E-state index contributed by atoms with van der Waals surface area (Å²) in [6.45, 7) is 1.94. The maximum atomic E-state index is 13.1. The van der Waals surface area contributed by atoms with Crippen LogP contribution < -0.4 is 0 Å². The van der Waals surface area contributed by atoms with Gasteiger partial charge >= 0.3 is 0 Å². The van der Waals surface area contributed by atoms with Crippen molar-refractivity contribution in [2.75, 3.05) is 0 Å². The molecule has 0 aliphatic rings. The summed E-state index contributed by atoms with van der Waals surface area (Å²) >= 11 is 0. The summed E-state index contributed by atoms with van der Waals surface area (Å²) in [7, 11) is 0. The average molecular weight is 655 g/mol. The van der Waals surface area contributed by atoms with Crippen molar-refractivity contribution in [1.82, 2.24) is 0 Å². The SMILES string of the molecule is CC(O)(c1cc(-c2ccccc2)c(-c2ccccc2)c(-c2ccccc2)c1)c1cc(-c2ccccc2)c(-c2ccccc2)c(-c2ccccc2)c1. The van der Waals surface area contributed by atoms with Gasteiger partial charge in [-0.15, -0.1) is 0 Å². The van der Waals surface area contributed by atoms with E-state index < -0.39 is 5.60 Å². The Morgan fingerprint density at radius 1 is 0.294 bits per heavy atom. The molecule has 8 aromatic carbocycles. The molecule has 244 valence electrons. The summed E-state index contributed by atoms with van der Waals surface area (Å²) in [6, 6.07) is 72.1. The highest BCUT2D eigenvalue weighted by atomic mass is 16.3. The van der Waals surface area contributed by atoms with Crippen molar-refractivity contribution in [3.8, 4) is 66.8 Å².